The predicted octanol–water partition coefficient (Wildman–Crippen LogP) is 1.06. The van der Waals surface area contributed by atoms with Crippen molar-refractivity contribution >= 4 is 11.9 Å². The van der Waals surface area contributed by atoms with Gasteiger partial charge in [-0.1, -0.05) is 20.8 Å². The van der Waals surface area contributed by atoms with Crippen LogP contribution in [0.5, 0.6) is 0 Å². The van der Waals surface area contributed by atoms with Gasteiger partial charge in [0.05, 0.1) is 0 Å². The Bertz CT molecular complexity index is 134. The fraction of sp³-hybridized carbons (Fsp3) is 0.750. The van der Waals surface area contributed by atoms with Crippen LogP contribution in [0.25, 0.3) is 0 Å². The molecule has 0 aliphatic rings. The minimum Gasteiger partial charge on any atom is -0.445 e. The van der Waals surface area contributed by atoms with Crippen molar-refractivity contribution in [1.82, 2.24) is 5.32 Å². The van der Waals surface area contributed by atoms with E-state index in [1.807, 2.05) is 13.8 Å². The molecule has 4 heteroatoms. The predicted molar refractivity (Wildman–Crippen MR) is 46.4 cm³/mol. The van der Waals surface area contributed by atoms with Gasteiger partial charge < -0.3 is 10.1 Å². The van der Waals surface area contributed by atoms with Crippen LogP contribution in [0.15, 0.2) is 0 Å². The average Bonchev–Trinajstić information content (AvgIpc) is 2.07. The molecule has 0 aliphatic carbocycles. The zero-order chi connectivity index (χ0) is 9.98. The monoisotopic (exact) mass is 175 g/mol. The summed E-state index contributed by atoms with van der Waals surface area (Å²) in [5.74, 6) is -0.516. The number of esters is 1. The van der Waals surface area contributed by atoms with Crippen molar-refractivity contribution in [3.05, 3.63) is 0 Å². The quantitative estimate of drug-likeness (QED) is 0.515. The van der Waals surface area contributed by atoms with Crippen molar-refractivity contribution in [3.63, 3.8) is 0 Å². The van der Waals surface area contributed by atoms with Crippen LogP contribution in [0.3, 0.4) is 0 Å². The molecular weight excluding hydrogens is 158 g/mol. The molecule has 0 heterocycles. The van der Waals surface area contributed by atoms with Gasteiger partial charge in [-0.3, -0.25) is 9.59 Å². The third-order valence-corrected chi connectivity index (χ3v) is 0.866. The van der Waals surface area contributed by atoms with Gasteiger partial charge in [0.1, 0.15) is 0 Å². The van der Waals surface area contributed by atoms with E-state index in [2.05, 4.69) is 10.1 Å². The smallest absolute Gasteiger partial charge is 0.304 e. The fourth-order valence-corrected chi connectivity index (χ4v) is 0.343. The van der Waals surface area contributed by atoms with E-state index in [4.69, 9.17) is 0 Å². The molecule has 12 heavy (non-hydrogen) atoms. The van der Waals surface area contributed by atoms with Crippen molar-refractivity contribution in [2.24, 2.45) is 0 Å². The molecule has 1 N–H and O–H groups in total. The van der Waals surface area contributed by atoms with Gasteiger partial charge in [0.15, 0.2) is 6.73 Å². The zero-order valence-corrected chi connectivity index (χ0v) is 8.14. The summed E-state index contributed by atoms with van der Waals surface area (Å²) in [6.07, 6.45) is 0.404. The van der Waals surface area contributed by atoms with Gasteiger partial charge in [0, 0.05) is 13.3 Å². The molecule has 0 aromatic heterocycles. The van der Waals surface area contributed by atoms with E-state index < -0.39 is 5.97 Å². The number of rotatable bonds is 3. The van der Waals surface area contributed by atoms with Crippen LogP contribution in [-0.2, 0) is 14.3 Å². The average molecular weight is 175 g/mol. The van der Waals surface area contributed by atoms with E-state index in [0.29, 0.717) is 6.42 Å². The molecule has 0 saturated carbocycles. The van der Waals surface area contributed by atoms with Gasteiger partial charge in [-0.25, -0.2) is 0 Å². The second-order valence-electron chi connectivity index (χ2n) is 1.73. The largest absolute Gasteiger partial charge is 0.445 e. The summed E-state index contributed by atoms with van der Waals surface area (Å²) in [7, 11) is 0. The van der Waals surface area contributed by atoms with Gasteiger partial charge >= 0.3 is 5.97 Å². The lowest BCUT2D eigenvalue weighted by Gasteiger charge is -2.01. The molecule has 0 atom stereocenters. The molecule has 0 unspecified atom stereocenters. The van der Waals surface area contributed by atoms with Crippen LogP contribution in [0.4, 0.5) is 0 Å². The van der Waals surface area contributed by atoms with Gasteiger partial charge in [0.2, 0.25) is 5.91 Å². The van der Waals surface area contributed by atoms with E-state index in [1.165, 1.54) is 6.92 Å². The molecule has 0 saturated heterocycles. The van der Waals surface area contributed by atoms with Crippen LogP contribution in [0.2, 0.25) is 0 Å². The first kappa shape index (κ1) is 13.5. The van der Waals surface area contributed by atoms with Crippen molar-refractivity contribution in [2.75, 3.05) is 6.73 Å². The van der Waals surface area contributed by atoms with Gasteiger partial charge in [0.25, 0.3) is 0 Å². The van der Waals surface area contributed by atoms with Crippen LogP contribution < -0.4 is 5.32 Å². The van der Waals surface area contributed by atoms with Crippen molar-refractivity contribution in [1.29, 1.82) is 0 Å². The van der Waals surface area contributed by atoms with E-state index in [-0.39, 0.29) is 12.6 Å². The highest BCUT2D eigenvalue weighted by Gasteiger charge is 1.95. The Morgan fingerprint density at radius 1 is 1.33 bits per heavy atom. The van der Waals surface area contributed by atoms with Crippen LogP contribution in [-0.4, -0.2) is 18.6 Å². The molecule has 0 aromatic carbocycles. The minimum absolute atomic E-state index is 0.0258. The molecule has 0 fully saturated rings. The SMILES string of the molecule is CC.CCC(=O)NCOC(C)=O. The molecular formula is C8H17NO3. The van der Waals surface area contributed by atoms with Gasteiger partial charge in [-0.05, 0) is 0 Å². The summed E-state index contributed by atoms with van der Waals surface area (Å²) >= 11 is 0. The second-order valence-corrected chi connectivity index (χ2v) is 1.73. The first-order valence-electron chi connectivity index (χ1n) is 4.07. The minimum atomic E-state index is -0.392. The molecule has 0 bridgehead atoms. The van der Waals surface area contributed by atoms with Crippen LogP contribution in [0, 0.1) is 0 Å². The lowest BCUT2D eigenvalue weighted by atomic mass is 10.5. The highest BCUT2D eigenvalue weighted by molar-refractivity contribution is 5.75. The first-order chi connectivity index (χ1) is 5.66. The summed E-state index contributed by atoms with van der Waals surface area (Å²) in [5, 5.41) is 2.38. The molecule has 4 nitrogen and oxygen atoms in total. The van der Waals surface area contributed by atoms with Crippen molar-refractivity contribution < 1.29 is 14.3 Å². The Morgan fingerprint density at radius 3 is 2.17 bits per heavy atom. The number of ether oxygens (including phenoxy) is 1. The first-order valence-corrected chi connectivity index (χ1v) is 4.07. The summed E-state index contributed by atoms with van der Waals surface area (Å²) in [5.41, 5.74) is 0. The lowest BCUT2D eigenvalue weighted by Crippen LogP contribution is -2.26. The maximum absolute atomic E-state index is 10.5. The highest BCUT2D eigenvalue weighted by atomic mass is 16.5. The number of hydrogen-bond acceptors (Lipinski definition) is 3. The number of carbonyl (C=O) groups is 2. The summed E-state index contributed by atoms with van der Waals surface area (Å²) < 4.78 is 4.44. The molecule has 0 rings (SSSR count). The maximum atomic E-state index is 10.5. The Morgan fingerprint density at radius 2 is 1.83 bits per heavy atom. The number of amides is 1. The Balaban J connectivity index is 0. The number of carbonyl (C=O) groups excluding carboxylic acids is 2. The van der Waals surface area contributed by atoms with Gasteiger partial charge in [-0.15, -0.1) is 0 Å². The summed E-state index contributed by atoms with van der Waals surface area (Å²) in [6, 6.07) is 0. The molecule has 0 spiro atoms. The van der Waals surface area contributed by atoms with Crippen LogP contribution in [0.1, 0.15) is 34.1 Å². The van der Waals surface area contributed by atoms with E-state index in [9.17, 15) is 9.59 Å². The van der Waals surface area contributed by atoms with Crippen molar-refractivity contribution in [3.8, 4) is 0 Å². The number of hydrogen-bond donors (Lipinski definition) is 1. The van der Waals surface area contributed by atoms with Gasteiger partial charge in [-0.2, -0.15) is 0 Å². The topological polar surface area (TPSA) is 55.4 Å². The Labute approximate surface area is 73.3 Å². The molecule has 0 aliphatic heterocycles. The van der Waals surface area contributed by atoms with Crippen LogP contribution >= 0.6 is 0 Å². The highest BCUT2D eigenvalue weighted by Crippen LogP contribution is 1.76. The van der Waals surface area contributed by atoms with Crippen molar-refractivity contribution in [2.45, 2.75) is 34.1 Å². The summed E-state index contributed by atoms with van der Waals surface area (Å²) in [4.78, 5) is 20.6. The normalized spacial score (nSPS) is 7.67. The lowest BCUT2D eigenvalue weighted by molar-refractivity contribution is -0.142. The maximum Gasteiger partial charge on any atom is 0.304 e. The standard InChI is InChI=1S/C6H11NO3.C2H6/c1-3-6(9)7-4-10-5(2)8;1-2/h3-4H2,1-2H3,(H,7,9);1-2H3. The molecule has 0 radical (unpaired) electrons. The Hall–Kier alpha value is -1.06. The third kappa shape index (κ3) is 11.7. The zero-order valence-electron chi connectivity index (χ0n) is 8.14. The fourth-order valence-electron chi connectivity index (χ4n) is 0.343. The third-order valence-electron chi connectivity index (χ3n) is 0.866. The Kier molecular flexibility index (Phi) is 11.2. The van der Waals surface area contributed by atoms with E-state index in [1.54, 1.807) is 6.92 Å². The summed E-state index contributed by atoms with van der Waals surface area (Å²) in [6.45, 7) is 6.99. The molecule has 72 valence electrons. The molecule has 1 amide bonds. The van der Waals surface area contributed by atoms with E-state index in [0.717, 1.165) is 0 Å². The second kappa shape index (κ2) is 9.94. The molecule has 0 aromatic rings. The number of nitrogens with one attached hydrogen (secondary N) is 1. The van der Waals surface area contributed by atoms with E-state index >= 15 is 0 Å².